The molecule has 0 saturated heterocycles. The molecule has 0 fully saturated rings. The summed E-state index contributed by atoms with van der Waals surface area (Å²) in [6.07, 6.45) is 0.886. The Bertz CT molecular complexity index is 878. The second-order valence-corrected chi connectivity index (χ2v) is 6.32. The van der Waals surface area contributed by atoms with Gasteiger partial charge in [0.25, 0.3) is 0 Å². The van der Waals surface area contributed by atoms with Gasteiger partial charge in [-0.05, 0) is 0 Å². The molecular formula is C21H16N2Se. The Balaban J connectivity index is 1.80. The maximum atomic E-state index is 8.88. The minimum absolute atomic E-state index is 0.659. The number of nitrogens with one attached hydrogen (secondary N) is 1. The van der Waals surface area contributed by atoms with Gasteiger partial charge in [-0.15, -0.1) is 0 Å². The van der Waals surface area contributed by atoms with E-state index in [4.69, 9.17) is 5.26 Å². The Morgan fingerprint density at radius 1 is 0.875 bits per heavy atom. The van der Waals surface area contributed by atoms with Crippen molar-refractivity contribution >= 4 is 25.8 Å². The van der Waals surface area contributed by atoms with Crippen LogP contribution in [0.1, 0.15) is 22.3 Å². The van der Waals surface area contributed by atoms with Gasteiger partial charge in [-0.1, -0.05) is 0 Å². The number of anilines is 1. The summed E-state index contributed by atoms with van der Waals surface area (Å²) < 4.78 is 0.978. The van der Waals surface area contributed by atoms with Gasteiger partial charge in [0.2, 0.25) is 0 Å². The molecule has 0 atom stereocenters. The molecule has 2 nitrogen and oxygen atoms in total. The molecule has 3 heteroatoms. The second-order valence-electron chi connectivity index (χ2n) is 5.46. The zero-order valence-electron chi connectivity index (χ0n) is 13.1. The predicted octanol–water partition coefficient (Wildman–Crippen LogP) is 3.91. The summed E-state index contributed by atoms with van der Waals surface area (Å²) >= 11 is 3.14. The fourth-order valence-electron chi connectivity index (χ4n) is 2.54. The number of nitrogens with zero attached hydrogens (tertiary/aromatic N) is 1. The van der Waals surface area contributed by atoms with Gasteiger partial charge in [-0.3, -0.25) is 0 Å². The molecule has 0 aromatic heterocycles. The number of nitriles is 1. The second kappa shape index (κ2) is 7.75. The molecule has 0 aliphatic carbocycles. The molecule has 3 aromatic carbocycles. The summed E-state index contributed by atoms with van der Waals surface area (Å²) in [5.41, 5.74) is 5.32. The first-order valence-electron chi connectivity index (χ1n) is 7.69. The Labute approximate surface area is 150 Å². The third kappa shape index (κ3) is 4.00. The van der Waals surface area contributed by atoms with Gasteiger partial charge in [0.15, 0.2) is 0 Å². The summed E-state index contributed by atoms with van der Waals surface area (Å²) in [5.74, 6) is 0. The molecule has 0 spiro atoms. The third-order valence-corrected chi connectivity index (χ3v) is 4.45. The van der Waals surface area contributed by atoms with Gasteiger partial charge in [0, 0.05) is 0 Å². The van der Waals surface area contributed by atoms with Gasteiger partial charge >= 0.3 is 150 Å². The molecule has 24 heavy (non-hydrogen) atoms. The van der Waals surface area contributed by atoms with Crippen LogP contribution in [0.25, 0.3) is 0 Å². The molecule has 0 unspecified atom stereocenters. The van der Waals surface area contributed by atoms with Crippen molar-refractivity contribution in [2.45, 2.75) is 6.42 Å². The molecule has 3 rings (SSSR count). The van der Waals surface area contributed by atoms with Crippen LogP contribution >= 0.6 is 0 Å². The van der Waals surface area contributed by atoms with Crippen LogP contribution in [-0.4, -0.2) is 20.1 Å². The molecule has 0 amide bonds. The third-order valence-electron chi connectivity index (χ3n) is 3.77. The van der Waals surface area contributed by atoms with Crippen LogP contribution < -0.4 is 5.32 Å². The SMILES string of the molecule is N#Cc1ccc(NC(=[Se])c2ccccc2Cc2ccccc2)cc1. The van der Waals surface area contributed by atoms with Crippen LogP contribution in [0, 0.1) is 11.3 Å². The van der Waals surface area contributed by atoms with Crippen molar-refractivity contribution in [3.8, 4) is 6.07 Å². The van der Waals surface area contributed by atoms with E-state index in [2.05, 4.69) is 69.4 Å². The predicted molar refractivity (Wildman–Crippen MR) is 100 cm³/mol. The van der Waals surface area contributed by atoms with Gasteiger partial charge in [-0.25, -0.2) is 0 Å². The Kier molecular flexibility index (Phi) is 5.23. The van der Waals surface area contributed by atoms with Crippen LogP contribution in [0.15, 0.2) is 78.9 Å². The first-order chi connectivity index (χ1) is 11.8. The zero-order chi connectivity index (χ0) is 16.8. The van der Waals surface area contributed by atoms with Gasteiger partial charge in [-0.2, -0.15) is 0 Å². The van der Waals surface area contributed by atoms with E-state index in [1.807, 2.05) is 36.4 Å². The first kappa shape index (κ1) is 16.2. The van der Waals surface area contributed by atoms with Crippen LogP contribution in [0.3, 0.4) is 0 Å². The standard InChI is InChI=1S/C21H16N2Se/c22-15-17-10-12-19(13-11-17)23-21(24)20-9-5-4-8-18(20)14-16-6-2-1-3-7-16/h1-13H,14H2,(H,23,24). The molecule has 0 bridgehead atoms. The number of rotatable bonds is 5. The fourth-order valence-corrected chi connectivity index (χ4v) is 3.20. The van der Waals surface area contributed by atoms with Crippen molar-refractivity contribution in [2.75, 3.05) is 5.32 Å². The summed E-state index contributed by atoms with van der Waals surface area (Å²) in [4.78, 5) is 0. The average molecular weight is 375 g/mol. The number of hydrogen-bond acceptors (Lipinski definition) is 2. The van der Waals surface area contributed by atoms with Crippen LogP contribution in [0.5, 0.6) is 0 Å². The monoisotopic (exact) mass is 376 g/mol. The van der Waals surface area contributed by atoms with Gasteiger partial charge < -0.3 is 0 Å². The van der Waals surface area contributed by atoms with Crippen molar-refractivity contribution in [1.82, 2.24) is 0 Å². The molecule has 116 valence electrons. The average Bonchev–Trinajstić information content (AvgIpc) is 2.63. The van der Waals surface area contributed by atoms with E-state index in [-0.39, 0.29) is 0 Å². The van der Waals surface area contributed by atoms with Crippen molar-refractivity contribution in [3.63, 3.8) is 0 Å². The topological polar surface area (TPSA) is 35.8 Å². The normalized spacial score (nSPS) is 9.96. The number of hydrogen-bond donors (Lipinski definition) is 1. The molecule has 0 heterocycles. The van der Waals surface area contributed by atoms with E-state index in [1.165, 1.54) is 11.1 Å². The fraction of sp³-hybridized carbons (Fsp3) is 0.0476. The molecular weight excluding hydrogens is 359 g/mol. The van der Waals surface area contributed by atoms with E-state index < -0.39 is 0 Å². The quantitative estimate of drug-likeness (QED) is 0.687. The van der Waals surface area contributed by atoms with Crippen molar-refractivity contribution in [3.05, 3.63) is 101 Å². The molecule has 0 aliphatic rings. The van der Waals surface area contributed by atoms with E-state index in [0.29, 0.717) is 5.56 Å². The Morgan fingerprint density at radius 3 is 2.25 bits per heavy atom. The van der Waals surface area contributed by atoms with E-state index in [0.717, 1.165) is 22.2 Å². The maximum absolute atomic E-state index is 8.88. The van der Waals surface area contributed by atoms with Crippen LogP contribution in [0.2, 0.25) is 0 Å². The Morgan fingerprint density at radius 2 is 1.54 bits per heavy atom. The van der Waals surface area contributed by atoms with E-state index in [9.17, 15) is 0 Å². The van der Waals surface area contributed by atoms with E-state index in [1.54, 1.807) is 0 Å². The summed E-state index contributed by atoms with van der Waals surface area (Å²) in [7, 11) is 0. The van der Waals surface area contributed by atoms with Crippen molar-refractivity contribution in [1.29, 1.82) is 5.26 Å². The van der Waals surface area contributed by atoms with Crippen molar-refractivity contribution < 1.29 is 0 Å². The minimum atomic E-state index is 0.659. The Hall–Kier alpha value is -2.66. The molecule has 0 saturated carbocycles. The van der Waals surface area contributed by atoms with Gasteiger partial charge in [0.05, 0.1) is 0 Å². The zero-order valence-corrected chi connectivity index (χ0v) is 14.8. The molecule has 1 N–H and O–H groups in total. The van der Waals surface area contributed by atoms with Gasteiger partial charge in [0.1, 0.15) is 0 Å². The van der Waals surface area contributed by atoms with Crippen molar-refractivity contribution in [2.24, 2.45) is 0 Å². The summed E-state index contributed by atoms with van der Waals surface area (Å²) in [5, 5.41) is 12.3. The van der Waals surface area contributed by atoms with Crippen LogP contribution in [0.4, 0.5) is 5.69 Å². The summed E-state index contributed by atoms with van der Waals surface area (Å²) in [6.45, 7) is 0. The molecule has 0 radical (unpaired) electrons. The van der Waals surface area contributed by atoms with E-state index >= 15 is 0 Å². The molecule has 0 aliphatic heterocycles. The summed E-state index contributed by atoms with van der Waals surface area (Å²) in [6, 6.07) is 28.4. The number of benzene rings is 3. The van der Waals surface area contributed by atoms with Crippen LogP contribution in [-0.2, 0) is 6.42 Å². The first-order valence-corrected chi connectivity index (χ1v) is 8.55. The molecule has 3 aromatic rings.